The SMILES string of the molecule is OC[C@H]1C[C@H]2CCCC[C@H]2[C@@H]1/C=C/c1ccc(-c2cccc(F)c2)cn1. The predicted octanol–water partition coefficient (Wildman–Crippen LogP) is 5.34. The van der Waals surface area contributed by atoms with Crippen LogP contribution in [-0.4, -0.2) is 16.7 Å². The number of benzene rings is 1. The van der Waals surface area contributed by atoms with Gasteiger partial charge in [-0.15, -0.1) is 0 Å². The Labute approximate surface area is 154 Å². The van der Waals surface area contributed by atoms with Gasteiger partial charge in [0.25, 0.3) is 0 Å². The van der Waals surface area contributed by atoms with Gasteiger partial charge in [0.15, 0.2) is 0 Å². The van der Waals surface area contributed by atoms with Gasteiger partial charge in [0, 0.05) is 18.4 Å². The maximum Gasteiger partial charge on any atom is 0.123 e. The Bertz CT molecular complexity index is 770. The summed E-state index contributed by atoms with van der Waals surface area (Å²) in [4.78, 5) is 4.53. The van der Waals surface area contributed by atoms with Crippen LogP contribution in [-0.2, 0) is 0 Å². The Kier molecular flexibility index (Phi) is 5.16. The van der Waals surface area contributed by atoms with Gasteiger partial charge < -0.3 is 5.11 Å². The zero-order chi connectivity index (χ0) is 17.9. The third-order valence-electron chi connectivity index (χ3n) is 6.28. The van der Waals surface area contributed by atoms with E-state index >= 15 is 0 Å². The average molecular weight is 351 g/mol. The van der Waals surface area contributed by atoms with Gasteiger partial charge in [0.1, 0.15) is 5.82 Å². The molecule has 4 rings (SSSR count). The lowest BCUT2D eigenvalue weighted by Gasteiger charge is -2.28. The first-order valence-electron chi connectivity index (χ1n) is 9.75. The first kappa shape index (κ1) is 17.4. The highest BCUT2D eigenvalue weighted by atomic mass is 19.1. The van der Waals surface area contributed by atoms with Crippen LogP contribution in [0.5, 0.6) is 0 Å². The number of fused-ring (bicyclic) bond motifs is 1. The molecule has 2 fully saturated rings. The third-order valence-corrected chi connectivity index (χ3v) is 6.28. The summed E-state index contributed by atoms with van der Waals surface area (Å²) in [5.41, 5.74) is 2.68. The summed E-state index contributed by atoms with van der Waals surface area (Å²) >= 11 is 0. The van der Waals surface area contributed by atoms with Crippen LogP contribution in [0.3, 0.4) is 0 Å². The van der Waals surface area contributed by atoms with Crippen LogP contribution in [0.4, 0.5) is 4.39 Å². The van der Waals surface area contributed by atoms with Crippen molar-refractivity contribution in [3.8, 4) is 11.1 Å². The van der Waals surface area contributed by atoms with E-state index in [-0.39, 0.29) is 12.4 Å². The van der Waals surface area contributed by atoms with Gasteiger partial charge in [-0.25, -0.2) is 4.39 Å². The van der Waals surface area contributed by atoms with E-state index in [1.165, 1.54) is 44.2 Å². The molecular weight excluding hydrogens is 325 g/mol. The van der Waals surface area contributed by atoms with Gasteiger partial charge in [-0.1, -0.05) is 43.5 Å². The van der Waals surface area contributed by atoms with Crippen LogP contribution in [0.2, 0.25) is 0 Å². The molecule has 2 saturated carbocycles. The molecular formula is C23H26FNO. The second kappa shape index (κ2) is 7.71. The molecule has 0 saturated heterocycles. The fraction of sp³-hybridized carbons (Fsp3) is 0.435. The highest BCUT2D eigenvalue weighted by Gasteiger charge is 2.42. The second-order valence-electron chi connectivity index (χ2n) is 7.81. The minimum Gasteiger partial charge on any atom is -0.396 e. The molecule has 26 heavy (non-hydrogen) atoms. The van der Waals surface area contributed by atoms with Crippen molar-refractivity contribution in [1.29, 1.82) is 0 Å². The van der Waals surface area contributed by atoms with Crippen molar-refractivity contribution in [2.24, 2.45) is 23.7 Å². The summed E-state index contributed by atoms with van der Waals surface area (Å²) < 4.78 is 13.4. The molecule has 3 heteroatoms. The quantitative estimate of drug-likeness (QED) is 0.807. The molecule has 1 aromatic carbocycles. The van der Waals surface area contributed by atoms with Crippen LogP contribution < -0.4 is 0 Å². The van der Waals surface area contributed by atoms with E-state index in [9.17, 15) is 9.50 Å². The Balaban J connectivity index is 1.49. The third kappa shape index (κ3) is 3.59. The van der Waals surface area contributed by atoms with Crippen LogP contribution in [0, 0.1) is 29.5 Å². The molecule has 0 amide bonds. The zero-order valence-corrected chi connectivity index (χ0v) is 15.0. The van der Waals surface area contributed by atoms with Crippen molar-refractivity contribution in [2.45, 2.75) is 32.1 Å². The topological polar surface area (TPSA) is 33.1 Å². The smallest absolute Gasteiger partial charge is 0.123 e. The largest absolute Gasteiger partial charge is 0.396 e. The van der Waals surface area contributed by atoms with Crippen molar-refractivity contribution in [3.05, 3.63) is 60.2 Å². The number of rotatable bonds is 4. The molecule has 0 aliphatic heterocycles. The number of pyridine rings is 1. The van der Waals surface area contributed by atoms with Crippen LogP contribution in [0.15, 0.2) is 48.7 Å². The molecule has 0 radical (unpaired) electrons. The summed E-state index contributed by atoms with van der Waals surface area (Å²) in [6, 6.07) is 10.6. The molecule has 2 nitrogen and oxygen atoms in total. The van der Waals surface area contributed by atoms with Crippen molar-refractivity contribution in [1.82, 2.24) is 4.98 Å². The van der Waals surface area contributed by atoms with Gasteiger partial charge in [0.05, 0.1) is 5.69 Å². The second-order valence-corrected chi connectivity index (χ2v) is 7.81. The van der Waals surface area contributed by atoms with E-state index < -0.39 is 0 Å². The number of halogens is 1. The lowest BCUT2D eigenvalue weighted by molar-refractivity contribution is 0.196. The molecule has 2 aliphatic rings. The lowest BCUT2D eigenvalue weighted by atomic mass is 9.77. The van der Waals surface area contributed by atoms with E-state index in [1.807, 2.05) is 18.2 Å². The van der Waals surface area contributed by atoms with E-state index in [2.05, 4.69) is 17.1 Å². The Morgan fingerprint density at radius 1 is 1.12 bits per heavy atom. The molecule has 0 spiro atoms. The average Bonchev–Trinajstić information content (AvgIpc) is 3.04. The predicted molar refractivity (Wildman–Crippen MR) is 103 cm³/mol. The summed E-state index contributed by atoms with van der Waals surface area (Å²) in [5.74, 6) is 2.15. The molecule has 2 aromatic rings. The fourth-order valence-corrected chi connectivity index (χ4v) is 4.98. The van der Waals surface area contributed by atoms with Crippen molar-refractivity contribution in [3.63, 3.8) is 0 Å². The van der Waals surface area contributed by atoms with Gasteiger partial charge in [-0.2, -0.15) is 0 Å². The number of hydrogen-bond donors (Lipinski definition) is 1. The van der Waals surface area contributed by atoms with Crippen LogP contribution in [0.25, 0.3) is 17.2 Å². The van der Waals surface area contributed by atoms with E-state index in [0.29, 0.717) is 11.8 Å². The molecule has 1 heterocycles. The number of aromatic nitrogens is 1. The molecule has 136 valence electrons. The summed E-state index contributed by atoms with van der Waals surface area (Å²) in [6.45, 7) is 0.286. The van der Waals surface area contributed by atoms with Crippen molar-refractivity contribution >= 4 is 6.08 Å². The number of hydrogen-bond acceptors (Lipinski definition) is 2. The number of allylic oxidation sites excluding steroid dienone is 1. The molecule has 1 N–H and O–H groups in total. The molecule has 1 aromatic heterocycles. The number of aliphatic hydroxyl groups excluding tert-OH is 1. The Morgan fingerprint density at radius 2 is 2.00 bits per heavy atom. The highest BCUT2D eigenvalue weighted by Crippen LogP contribution is 2.49. The van der Waals surface area contributed by atoms with Crippen molar-refractivity contribution in [2.75, 3.05) is 6.61 Å². The fourth-order valence-electron chi connectivity index (χ4n) is 4.98. The molecule has 2 aliphatic carbocycles. The summed E-state index contributed by atoms with van der Waals surface area (Å²) in [6.07, 6.45) is 12.6. The Hall–Kier alpha value is -2.00. The van der Waals surface area contributed by atoms with Gasteiger partial charge in [0.2, 0.25) is 0 Å². The van der Waals surface area contributed by atoms with Gasteiger partial charge in [-0.3, -0.25) is 4.98 Å². The first-order valence-corrected chi connectivity index (χ1v) is 9.75. The molecule has 0 unspecified atom stereocenters. The first-order chi connectivity index (χ1) is 12.7. The molecule has 4 atom stereocenters. The van der Waals surface area contributed by atoms with Gasteiger partial charge >= 0.3 is 0 Å². The van der Waals surface area contributed by atoms with E-state index in [1.54, 1.807) is 12.3 Å². The minimum absolute atomic E-state index is 0.232. The van der Waals surface area contributed by atoms with Crippen LogP contribution in [0.1, 0.15) is 37.8 Å². The minimum atomic E-state index is -0.232. The van der Waals surface area contributed by atoms with E-state index in [4.69, 9.17) is 0 Å². The van der Waals surface area contributed by atoms with E-state index in [0.717, 1.165) is 28.7 Å². The molecule has 0 bridgehead atoms. The lowest BCUT2D eigenvalue weighted by Crippen LogP contribution is -2.20. The van der Waals surface area contributed by atoms with Crippen LogP contribution >= 0.6 is 0 Å². The number of nitrogens with zero attached hydrogens (tertiary/aromatic N) is 1. The normalized spacial score (nSPS) is 28.4. The van der Waals surface area contributed by atoms with Gasteiger partial charge in [-0.05, 0) is 66.4 Å². The standard InChI is InChI=1S/C23H26FNO/c24-20-6-3-5-16(13-20)18-8-9-21(25-14-18)10-11-23-19(15-26)12-17-4-1-2-7-22(17)23/h3,5-6,8-11,13-14,17,19,22-23,26H,1-2,4,7,12,15H2/b11-10+/t17-,19-,22-,23-/m1/s1. The summed E-state index contributed by atoms with van der Waals surface area (Å²) in [5, 5.41) is 9.79. The monoisotopic (exact) mass is 351 g/mol. The summed E-state index contributed by atoms with van der Waals surface area (Å²) in [7, 11) is 0. The zero-order valence-electron chi connectivity index (χ0n) is 15.0. The van der Waals surface area contributed by atoms with Crippen molar-refractivity contribution < 1.29 is 9.50 Å². The maximum absolute atomic E-state index is 13.4. The highest BCUT2D eigenvalue weighted by molar-refractivity contribution is 5.63. The maximum atomic E-state index is 13.4. The number of aliphatic hydroxyl groups is 1. The Morgan fingerprint density at radius 3 is 2.77 bits per heavy atom.